The van der Waals surface area contributed by atoms with Gasteiger partial charge >= 0.3 is 0 Å². The maximum Gasteiger partial charge on any atom is 0.239 e. The zero-order valence-electron chi connectivity index (χ0n) is 17.0. The lowest BCUT2D eigenvalue weighted by molar-refractivity contribution is -0.116. The van der Waals surface area contributed by atoms with Crippen molar-refractivity contribution in [1.82, 2.24) is 19.7 Å². The molecule has 3 rings (SSSR count). The minimum Gasteiger partial charge on any atom is -0.495 e. The van der Waals surface area contributed by atoms with E-state index in [0.717, 1.165) is 5.69 Å². The highest BCUT2D eigenvalue weighted by atomic mass is 32.2. The number of amides is 2. The van der Waals surface area contributed by atoms with E-state index in [1.807, 2.05) is 24.4 Å². The molecule has 2 amide bonds. The van der Waals surface area contributed by atoms with Crippen LogP contribution in [0.4, 0.5) is 10.8 Å². The van der Waals surface area contributed by atoms with Crippen LogP contribution in [0, 0.1) is 6.92 Å². The van der Waals surface area contributed by atoms with Crippen LogP contribution in [-0.2, 0) is 23.1 Å². The lowest BCUT2D eigenvalue weighted by Crippen LogP contribution is -2.23. The number of carbonyl (C=O) groups is 2. The highest BCUT2D eigenvalue weighted by molar-refractivity contribution is 8.00. The fraction of sp³-hybridized carbons (Fsp3) is 0.316. The second-order valence-electron chi connectivity index (χ2n) is 6.43. The van der Waals surface area contributed by atoms with Gasteiger partial charge in [0.2, 0.25) is 11.8 Å². The van der Waals surface area contributed by atoms with Crippen molar-refractivity contribution >= 4 is 45.7 Å². The summed E-state index contributed by atoms with van der Waals surface area (Å²) in [5, 5.41) is 16.4. The molecule has 158 valence electrons. The Morgan fingerprint density at radius 1 is 1.27 bits per heavy atom. The quantitative estimate of drug-likeness (QED) is 0.512. The first-order valence-electron chi connectivity index (χ1n) is 9.08. The van der Waals surface area contributed by atoms with Crippen molar-refractivity contribution in [3.05, 3.63) is 41.2 Å². The number of thioether (sulfide) groups is 1. The number of nitrogens with zero attached hydrogens (tertiary/aromatic N) is 4. The molecule has 11 heteroatoms. The first kappa shape index (κ1) is 21.8. The molecule has 30 heavy (non-hydrogen) atoms. The monoisotopic (exact) mass is 446 g/mol. The Hall–Kier alpha value is -2.92. The van der Waals surface area contributed by atoms with Gasteiger partial charge in [0, 0.05) is 12.4 Å². The Bertz CT molecular complexity index is 1050. The third-order valence-corrected chi connectivity index (χ3v) is 6.13. The molecule has 1 unspecified atom stereocenters. The number of benzene rings is 1. The predicted molar refractivity (Wildman–Crippen MR) is 117 cm³/mol. The summed E-state index contributed by atoms with van der Waals surface area (Å²) in [5.41, 5.74) is 1.45. The van der Waals surface area contributed by atoms with Gasteiger partial charge in [0.15, 0.2) is 10.3 Å². The van der Waals surface area contributed by atoms with Crippen LogP contribution in [0.1, 0.15) is 18.4 Å². The number of methoxy groups -OCH3 is 1. The third kappa shape index (κ3) is 5.36. The Balaban J connectivity index is 1.59. The number of hydrogen-bond acceptors (Lipinski definition) is 8. The molecule has 0 saturated carbocycles. The largest absolute Gasteiger partial charge is 0.495 e. The molecule has 0 aliphatic heterocycles. The number of nitrogens with one attached hydrogen (secondary N) is 2. The molecule has 0 saturated heterocycles. The van der Waals surface area contributed by atoms with Crippen molar-refractivity contribution < 1.29 is 14.3 Å². The first-order valence-corrected chi connectivity index (χ1v) is 10.8. The van der Waals surface area contributed by atoms with E-state index in [1.54, 1.807) is 37.8 Å². The summed E-state index contributed by atoms with van der Waals surface area (Å²) in [6, 6.07) is 7.17. The molecule has 0 spiro atoms. The molecular formula is C19H22N6O3S2. The van der Waals surface area contributed by atoms with Crippen molar-refractivity contribution in [1.29, 1.82) is 0 Å². The summed E-state index contributed by atoms with van der Waals surface area (Å²) in [6.07, 6.45) is 0.0427. The average molecular weight is 447 g/mol. The minimum atomic E-state index is -0.410. The summed E-state index contributed by atoms with van der Waals surface area (Å²) in [7, 11) is 3.31. The second-order valence-corrected chi connectivity index (χ2v) is 8.59. The molecule has 3 aromatic rings. The second kappa shape index (κ2) is 9.72. The third-order valence-electron chi connectivity index (χ3n) is 4.13. The fourth-order valence-electron chi connectivity index (χ4n) is 2.52. The molecule has 1 atom stereocenters. The lowest BCUT2D eigenvalue weighted by atomic mass is 10.2. The molecular weight excluding hydrogens is 424 g/mol. The summed E-state index contributed by atoms with van der Waals surface area (Å²) >= 11 is 2.64. The number of anilines is 2. The number of ether oxygens (including phenoxy) is 1. The highest BCUT2D eigenvalue weighted by Gasteiger charge is 2.21. The smallest absolute Gasteiger partial charge is 0.239 e. The van der Waals surface area contributed by atoms with E-state index < -0.39 is 5.25 Å². The lowest BCUT2D eigenvalue weighted by Gasteiger charge is -2.11. The van der Waals surface area contributed by atoms with Gasteiger partial charge in [-0.05, 0) is 26.0 Å². The van der Waals surface area contributed by atoms with Crippen LogP contribution in [-0.4, -0.2) is 43.9 Å². The molecule has 0 bridgehead atoms. The van der Waals surface area contributed by atoms with E-state index >= 15 is 0 Å². The molecule has 0 aliphatic carbocycles. The molecule has 0 fully saturated rings. The number of aryl methyl sites for hydroxylation is 1. The number of thiazole rings is 1. The SMILES string of the molecule is COc1ccccc1NC(=O)Cc1nnc(SC(C)C(=O)Nc2nc(C)cs2)n1C. The highest BCUT2D eigenvalue weighted by Crippen LogP contribution is 2.25. The van der Waals surface area contributed by atoms with Crippen LogP contribution in [0.25, 0.3) is 0 Å². The van der Waals surface area contributed by atoms with Crippen LogP contribution >= 0.6 is 23.1 Å². The maximum absolute atomic E-state index is 12.4. The van der Waals surface area contributed by atoms with Gasteiger partial charge in [-0.25, -0.2) is 4.98 Å². The van der Waals surface area contributed by atoms with Crippen LogP contribution in [0.15, 0.2) is 34.8 Å². The number of carbonyl (C=O) groups excluding carboxylic acids is 2. The van der Waals surface area contributed by atoms with E-state index in [-0.39, 0.29) is 18.2 Å². The summed E-state index contributed by atoms with van der Waals surface area (Å²) < 4.78 is 6.95. The fourth-order valence-corrected chi connectivity index (χ4v) is 4.04. The molecule has 2 heterocycles. The Morgan fingerprint density at radius 3 is 2.73 bits per heavy atom. The zero-order chi connectivity index (χ0) is 21.7. The van der Waals surface area contributed by atoms with Gasteiger partial charge in [-0.3, -0.25) is 9.59 Å². The van der Waals surface area contributed by atoms with E-state index in [9.17, 15) is 9.59 Å². The van der Waals surface area contributed by atoms with Crippen LogP contribution in [0.2, 0.25) is 0 Å². The normalized spacial score (nSPS) is 11.7. The predicted octanol–water partition coefficient (Wildman–Crippen LogP) is 2.89. The zero-order valence-corrected chi connectivity index (χ0v) is 18.6. The van der Waals surface area contributed by atoms with Crippen molar-refractivity contribution in [3.63, 3.8) is 0 Å². The van der Waals surface area contributed by atoms with Gasteiger partial charge in [-0.1, -0.05) is 23.9 Å². The van der Waals surface area contributed by atoms with Crippen molar-refractivity contribution in [3.8, 4) is 5.75 Å². The van der Waals surface area contributed by atoms with E-state index in [0.29, 0.717) is 27.5 Å². The Morgan fingerprint density at radius 2 is 2.03 bits per heavy atom. The van der Waals surface area contributed by atoms with Gasteiger partial charge in [-0.15, -0.1) is 21.5 Å². The average Bonchev–Trinajstić information content (AvgIpc) is 3.28. The van der Waals surface area contributed by atoms with Gasteiger partial charge in [0.1, 0.15) is 11.6 Å². The van der Waals surface area contributed by atoms with E-state index in [4.69, 9.17) is 4.74 Å². The molecule has 9 nitrogen and oxygen atoms in total. The maximum atomic E-state index is 12.4. The number of hydrogen-bond donors (Lipinski definition) is 2. The molecule has 2 aromatic heterocycles. The summed E-state index contributed by atoms with van der Waals surface area (Å²) in [6.45, 7) is 3.65. The number of rotatable bonds is 8. The van der Waals surface area contributed by atoms with Gasteiger partial charge < -0.3 is 19.9 Å². The Labute approximate surface area is 182 Å². The van der Waals surface area contributed by atoms with Crippen LogP contribution in [0.5, 0.6) is 5.75 Å². The minimum absolute atomic E-state index is 0.0427. The van der Waals surface area contributed by atoms with Gasteiger partial charge in [-0.2, -0.15) is 0 Å². The summed E-state index contributed by atoms with van der Waals surface area (Å²) in [4.78, 5) is 29.0. The first-order chi connectivity index (χ1) is 14.4. The molecule has 0 aliphatic rings. The van der Waals surface area contributed by atoms with Gasteiger partial charge in [0.25, 0.3) is 0 Å². The molecule has 0 radical (unpaired) electrons. The molecule has 2 N–H and O–H groups in total. The number of para-hydroxylation sites is 2. The van der Waals surface area contributed by atoms with Crippen molar-refractivity contribution in [2.75, 3.05) is 17.7 Å². The topological polar surface area (TPSA) is 111 Å². The Kier molecular flexibility index (Phi) is 7.06. The molecule has 1 aromatic carbocycles. The van der Waals surface area contributed by atoms with E-state index in [1.165, 1.54) is 23.1 Å². The van der Waals surface area contributed by atoms with Crippen LogP contribution in [0.3, 0.4) is 0 Å². The van der Waals surface area contributed by atoms with Gasteiger partial charge in [0.05, 0.1) is 30.2 Å². The van der Waals surface area contributed by atoms with Crippen LogP contribution < -0.4 is 15.4 Å². The van der Waals surface area contributed by atoms with Crippen molar-refractivity contribution in [2.45, 2.75) is 30.7 Å². The van der Waals surface area contributed by atoms with E-state index in [2.05, 4.69) is 25.8 Å². The standard InChI is InChI=1S/C19H22N6O3S2/c1-11-10-29-18(20-11)22-17(27)12(2)30-19-24-23-15(25(19)3)9-16(26)21-13-7-5-6-8-14(13)28-4/h5-8,10,12H,9H2,1-4H3,(H,21,26)(H,20,22,27). The number of aromatic nitrogens is 4. The van der Waals surface area contributed by atoms with Crippen molar-refractivity contribution in [2.24, 2.45) is 7.05 Å². The summed E-state index contributed by atoms with van der Waals surface area (Å²) in [5.74, 6) is 0.660.